The molecular formula is C15H21NO2. The number of hydrogen-bond donors (Lipinski definition) is 0. The average Bonchev–Trinajstić information content (AvgIpc) is 2.46. The summed E-state index contributed by atoms with van der Waals surface area (Å²) in [5, 5.41) is 0. The summed E-state index contributed by atoms with van der Waals surface area (Å²) in [6, 6.07) is 5.90. The summed E-state index contributed by atoms with van der Waals surface area (Å²) in [5.74, 6) is 1.68. The van der Waals surface area contributed by atoms with Gasteiger partial charge in [-0.05, 0) is 37.8 Å². The van der Waals surface area contributed by atoms with Gasteiger partial charge >= 0.3 is 0 Å². The van der Waals surface area contributed by atoms with Crippen LogP contribution in [-0.4, -0.2) is 19.9 Å². The first-order valence-corrected chi connectivity index (χ1v) is 6.56. The Morgan fingerprint density at radius 3 is 2.50 bits per heavy atom. The van der Waals surface area contributed by atoms with E-state index in [0.717, 1.165) is 17.1 Å². The number of ether oxygens (including phenoxy) is 2. The van der Waals surface area contributed by atoms with Gasteiger partial charge in [0.1, 0.15) is 11.5 Å². The molecule has 2 rings (SSSR count). The number of benzene rings is 1. The van der Waals surface area contributed by atoms with Crippen LogP contribution in [0.3, 0.4) is 0 Å². The van der Waals surface area contributed by atoms with Gasteiger partial charge < -0.3 is 9.47 Å². The molecule has 1 fully saturated rings. The molecule has 0 aromatic heterocycles. The lowest BCUT2D eigenvalue weighted by molar-refractivity contribution is 0.391. The summed E-state index contributed by atoms with van der Waals surface area (Å²) in [7, 11) is 3.35. The lowest BCUT2D eigenvalue weighted by Gasteiger charge is -2.13. The Bertz CT molecular complexity index is 419. The first kappa shape index (κ1) is 12.9. The normalized spacial score (nSPS) is 15.3. The number of rotatable bonds is 4. The van der Waals surface area contributed by atoms with Crippen LogP contribution in [0.1, 0.15) is 37.7 Å². The Balaban J connectivity index is 2.08. The molecule has 1 aromatic carbocycles. The highest BCUT2D eigenvalue weighted by Crippen LogP contribution is 2.25. The van der Waals surface area contributed by atoms with Gasteiger partial charge in [0.05, 0.1) is 20.8 Å². The van der Waals surface area contributed by atoms with Crippen molar-refractivity contribution in [1.82, 2.24) is 0 Å². The highest BCUT2D eigenvalue weighted by Gasteiger charge is 2.08. The molecule has 18 heavy (non-hydrogen) atoms. The molecule has 1 aliphatic rings. The molecule has 1 aliphatic carbocycles. The fraction of sp³-hybridized carbons (Fsp3) is 0.533. The maximum absolute atomic E-state index is 5.38. The van der Waals surface area contributed by atoms with Gasteiger partial charge in [-0.25, -0.2) is 0 Å². The van der Waals surface area contributed by atoms with Gasteiger partial charge in [-0.2, -0.15) is 0 Å². The second kappa shape index (κ2) is 6.43. The van der Waals surface area contributed by atoms with Crippen molar-refractivity contribution in [3.8, 4) is 11.5 Å². The molecule has 98 valence electrons. The molecule has 3 heteroatoms. The SMILES string of the molecule is COc1ccc(CN=C2CCCCC2)c(OC)c1. The standard InChI is InChI=1S/C15H21NO2/c1-17-14-9-8-12(15(10-14)18-2)11-16-13-6-4-3-5-7-13/h8-10H,3-7,11H2,1-2H3. The van der Waals surface area contributed by atoms with Gasteiger partial charge in [-0.1, -0.05) is 6.42 Å². The van der Waals surface area contributed by atoms with Crippen molar-refractivity contribution in [3.05, 3.63) is 23.8 Å². The minimum atomic E-state index is 0.711. The Morgan fingerprint density at radius 2 is 1.83 bits per heavy atom. The Kier molecular flexibility index (Phi) is 4.62. The lowest BCUT2D eigenvalue weighted by Crippen LogP contribution is -2.05. The van der Waals surface area contributed by atoms with E-state index in [2.05, 4.69) is 0 Å². The van der Waals surface area contributed by atoms with Gasteiger partial charge in [0.25, 0.3) is 0 Å². The molecule has 0 N–H and O–H groups in total. The highest BCUT2D eigenvalue weighted by atomic mass is 16.5. The zero-order valence-corrected chi connectivity index (χ0v) is 11.2. The molecule has 0 saturated heterocycles. The van der Waals surface area contributed by atoms with E-state index in [4.69, 9.17) is 14.5 Å². The predicted molar refractivity (Wildman–Crippen MR) is 73.8 cm³/mol. The summed E-state index contributed by atoms with van der Waals surface area (Å²) in [5.41, 5.74) is 2.48. The maximum Gasteiger partial charge on any atom is 0.127 e. The molecule has 0 spiro atoms. The molecule has 0 atom stereocenters. The van der Waals surface area contributed by atoms with Crippen molar-refractivity contribution in [3.63, 3.8) is 0 Å². The number of hydrogen-bond acceptors (Lipinski definition) is 3. The van der Waals surface area contributed by atoms with Crippen LogP contribution in [0, 0.1) is 0 Å². The Morgan fingerprint density at radius 1 is 1.06 bits per heavy atom. The predicted octanol–water partition coefficient (Wildman–Crippen LogP) is 3.61. The van der Waals surface area contributed by atoms with Crippen LogP contribution in [0.15, 0.2) is 23.2 Å². The first-order chi connectivity index (χ1) is 8.83. The molecule has 0 amide bonds. The summed E-state index contributed by atoms with van der Waals surface area (Å²) < 4.78 is 10.6. The van der Waals surface area contributed by atoms with Crippen molar-refractivity contribution >= 4 is 5.71 Å². The molecule has 0 bridgehead atoms. The summed E-state index contributed by atoms with van der Waals surface area (Å²) in [6.07, 6.45) is 6.26. The van der Waals surface area contributed by atoms with Crippen LogP contribution in [0.2, 0.25) is 0 Å². The third-order valence-corrected chi connectivity index (χ3v) is 3.40. The van der Waals surface area contributed by atoms with Crippen LogP contribution in [0.25, 0.3) is 0 Å². The van der Waals surface area contributed by atoms with E-state index in [1.54, 1.807) is 14.2 Å². The Hall–Kier alpha value is -1.51. The average molecular weight is 247 g/mol. The summed E-state index contributed by atoms with van der Waals surface area (Å²) in [6.45, 7) is 0.711. The fourth-order valence-corrected chi connectivity index (χ4v) is 2.30. The molecular weight excluding hydrogens is 226 g/mol. The van der Waals surface area contributed by atoms with Gasteiger partial charge in [-0.3, -0.25) is 4.99 Å². The number of methoxy groups -OCH3 is 2. The van der Waals surface area contributed by atoms with Gasteiger partial charge in [0.2, 0.25) is 0 Å². The van der Waals surface area contributed by atoms with E-state index < -0.39 is 0 Å². The molecule has 1 saturated carbocycles. The second-order valence-corrected chi connectivity index (χ2v) is 4.62. The largest absolute Gasteiger partial charge is 0.497 e. The van der Waals surface area contributed by atoms with Crippen LogP contribution in [0.5, 0.6) is 11.5 Å². The van der Waals surface area contributed by atoms with Crippen molar-refractivity contribution in [2.75, 3.05) is 14.2 Å². The molecule has 1 aromatic rings. The van der Waals surface area contributed by atoms with Crippen LogP contribution >= 0.6 is 0 Å². The van der Waals surface area contributed by atoms with Crippen molar-refractivity contribution < 1.29 is 9.47 Å². The molecule has 0 aliphatic heterocycles. The lowest BCUT2D eigenvalue weighted by atomic mass is 9.98. The number of aliphatic imine (C=N–C) groups is 1. The van der Waals surface area contributed by atoms with E-state index in [-0.39, 0.29) is 0 Å². The van der Waals surface area contributed by atoms with Crippen molar-refractivity contribution in [1.29, 1.82) is 0 Å². The van der Waals surface area contributed by atoms with Crippen LogP contribution in [0.4, 0.5) is 0 Å². The van der Waals surface area contributed by atoms with E-state index in [1.165, 1.54) is 37.8 Å². The third kappa shape index (κ3) is 3.25. The third-order valence-electron chi connectivity index (χ3n) is 3.40. The molecule has 0 unspecified atom stereocenters. The highest BCUT2D eigenvalue weighted by molar-refractivity contribution is 5.85. The quantitative estimate of drug-likeness (QED) is 0.813. The van der Waals surface area contributed by atoms with Crippen LogP contribution in [-0.2, 0) is 6.54 Å². The van der Waals surface area contributed by atoms with E-state index in [9.17, 15) is 0 Å². The molecule has 0 heterocycles. The monoisotopic (exact) mass is 247 g/mol. The summed E-state index contributed by atoms with van der Waals surface area (Å²) >= 11 is 0. The smallest absolute Gasteiger partial charge is 0.127 e. The number of nitrogens with zero attached hydrogens (tertiary/aromatic N) is 1. The van der Waals surface area contributed by atoms with Gasteiger partial charge in [0, 0.05) is 17.3 Å². The van der Waals surface area contributed by atoms with Crippen LogP contribution < -0.4 is 9.47 Å². The zero-order valence-electron chi connectivity index (χ0n) is 11.2. The molecule has 3 nitrogen and oxygen atoms in total. The van der Waals surface area contributed by atoms with E-state index in [0.29, 0.717) is 6.54 Å². The minimum Gasteiger partial charge on any atom is -0.497 e. The van der Waals surface area contributed by atoms with Crippen molar-refractivity contribution in [2.45, 2.75) is 38.6 Å². The second-order valence-electron chi connectivity index (χ2n) is 4.62. The summed E-state index contributed by atoms with van der Waals surface area (Å²) in [4.78, 5) is 4.71. The van der Waals surface area contributed by atoms with Gasteiger partial charge in [-0.15, -0.1) is 0 Å². The van der Waals surface area contributed by atoms with Crippen molar-refractivity contribution in [2.24, 2.45) is 4.99 Å². The fourth-order valence-electron chi connectivity index (χ4n) is 2.30. The van der Waals surface area contributed by atoms with Gasteiger partial charge in [0.15, 0.2) is 0 Å². The zero-order chi connectivity index (χ0) is 12.8. The first-order valence-electron chi connectivity index (χ1n) is 6.56. The van der Waals surface area contributed by atoms with E-state index >= 15 is 0 Å². The topological polar surface area (TPSA) is 30.8 Å². The maximum atomic E-state index is 5.38. The minimum absolute atomic E-state index is 0.711. The molecule has 0 radical (unpaired) electrons. The van der Waals surface area contributed by atoms with E-state index in [1.807, 2.05) is 18.2 Å². The Labute approximate surface area is 109 Å².